The molecule has 21 heavy (non-hydrogen) atoms. The van der Waals surface area contributed by atoms with Crippen LogP contribution in [0, 0.1) is 5.92 Å². The van der Waals surface area contributed by atoms with Crippen molar-refractivity contribution in [1.82, 2.24) is 10.1 Å². The highest BCUT2D eigenvalue weighted by molar-refractivity contribution is 5.70. The summed E-state index contributed by atoms with van der Waals surface area (Å²) in [6.45, 7) is 7.68. The maximum absolute atomic E-state index is 11.0. The molecule has 0 spiro atoms. The summed E-state index contributed by atoms with van der Waals surface area (Å²) in [5.74, 6) is -0.447. The molecule has 0 saturated heterocycles. The molecule has 0 fully saturated rings. The minimum atomic E-state index is -0.872. The molecule has 1 aromatic heterocycles. The zero-order valence-corrected chi connectivity index (χ0v) is 12.7. The number of hydrogen-bond donors (Lipinski definition) is 1. The Morgan fingerprint density at radius 2 is 1.76 bits per heavy atom. The molecule has 112 valence electrons. The van der Waals surface area contributed by atoms with E-state index in [4.69, 9.17) is 9.63 Å². The van der Waals surface area contributed by atoms with Gasteiger partial charge in [-0.25, -0.2) is 0 Å². The number of aromatic nitrogens is 2. The highest BCUT2D eigenvalue weighted by Crippen LogP contribution is 2.26. The molecule has 0 aliphatic heterocycles. The Morgan fingerprint density at radius 3 is 2.29 bits per heavy atom. The van der Waals surface area contributed by atoms with Crippen LogP contribution >= 0.6 is 0 Å². The van der Waals surface area contributed by atoms with Gasteiger partial charge in [0.05, 0.1) is 5.92 Å². The van der Waals surface area contributed by atoms with E-state index in [9.17, 15) is 4.79 Å². The van der Waals surface area contributed by atoms with Crippen LogP contribution < -0.4 is 0 Å². The molecule has 1 N–H and O–H groups in total. The predicted octanol–water partition coefficient (Wildman–Crippen LogP) is 3.68. The van der Waals surface area contributed by atoms with Crippen molar-refractivity contribution in [3.8, 4) is 11.4 Å². The highest BCUT2D eigenvalue weighted by atomic mass is 16.5. The van der Waals surface area contributed by atoms with Gasteiger partial charge in [-0.05, 0) is 11.5 Å². The summed E-state index contributed by atoms with van der Waals surface area (Å²) in [6.07, 6.45) is 0. The number of aliphatic carboxylic acids is 1. The fourth-order valence-electron chi connectivity index (χ4n) is 1.98. The van der Waals surface area contributed by atoms with E-state index in [-0.39, 0.29) is 5.92 Å². The van der Waals surface area contributed by atoms with E-state index in [2.05, 4.69) is 24.0 Å². The Morgan fingerprint density at radius 1 is 1.14 bits per heavy atom. The SMILES string of the molecule is CC(C)c1ccc(-c2noc(C(C)C(C)C(=O)O)n2)cc1. The number of carboxylic acids is 1. The molecule has 0 bridgehead atoms. The summed E-state index contributed by atoms with van der Waals surface area (Å²) in [5.41, 5.74) is 2.11. The zero-order valence-electron chi connectivity index (χ0n) is 12.7. The van der Waals surface area contributed by atoms with Gasteiger partial charge in [0.25, 0.3) is 0 Å². The number of nitrogens with zero attached hydrogens (tertiary/aromatic N) is 2. The average Bonchev–Trinajstić information content (AvgIpc) is 2.95. The van der Waals surface area contributed by atoms with Gasteiger partial charge in [-0.2, -0.15) is 4.98 Å². The van der Waals surface area contributed by atoms with E-state index in [0.29, 0.717) is 17.6 Å². The van der Waals surface area contributed by atoms with Gasteiger partial charge in [0.2, 0.25) is 11.7 Å². The Hall–Kier alpha value is -2.17. The molecule has 5 heteroatoms. The number of benzene rings is 1. The quantitative estimate of drug-likeness (QED) is 0.908. The van der Waals surface area contributed by atoms with Crippen molar-refractivity contribution >= 4 is 5.97 Å². The largest absolute Gasteiger partial charge is 0.481 e. The van der Waals surface area contributed by atoms with Crippen LogP contribution in [0.1, 0.15) is 51.0 Å². The third-order valence-electron chi connectivity index (χ3n) is 3.81. The Kier molecular flexibility index (Phi) is 4.40. The van der Waals surface area contributed by atoms with Crippen molar-refractivity contribution in [2.45, 2.75) is 39.5 Å². The second-order valence-corrected chi connectivity index (χ2v) is 5.65. The fourth-order valence-corrected chi connectivity index (χ4v) is 1.98. The van der Waals surface area contributed by atoms with Crippen molar-refractivity contribution < 1.29 is 14.4 Å². The topological polar surface area (TPSA) is 76.2 Å². The minimum Gasteiger partial charge on any atom is -0.481 e. The first kappa shape index (κ1) is 15.2. The lowest BCUT2D eigenvalue weighted by Gasteiger charge is -2.10. The first-order chi connectivity index (χ1) is 9.90. The summed E-state index contributed by atoms with van der Waals surface area (Å²) in [6, 6.07) is 7.99. The van der Waals surface area contributed by atoms with E-state index >= 15 is 0 Å². The van der Waals surface area contributed by atoms with Crippen molar-refractivity contribution in [2.75, 3.05) is 0 Å². The van der Waals surface area contributed by atoms with Gasteiger partial charge >= 0.3 is 5.97 Å². The Bertz CT molecular complexity index is 617. The summed E-state index contributed by atoms with van der Waals surface area (Å²) < 4.78 is 5.21. The third kappa shape index (κ3) is 3.29. The fraction of sp³-hybridized carbons (Fsp3) is 0.438. The lowest BCUT2D eigenvalue weighted by Crippen LogP contribution is -2.16. The number of rotatable bonds is 5. The Balaban J connectivity index is 2.21. The molecule has 0 amide bonds. The van der Waals surface area contributed by atoms with E-state index < -0.39 is 11.9 Å². The predicted molar refractivity (Wildman–Crippen MR) is 79.0 cm³/mol. The van der Waals surface area contributed by atoms with Gasteiger partial charge in [0, 0.05) is 11.5 Å². The van der Waals surface area contributed by atoms with Crippen molar-refractivity contribution in [3.05, 3.63) is 35.7 Å². The number of hydrogen-bond acceptors (Lipinski definition) is 4. The highest BCUT2D eigenvalue weighted by Gasteiger charge is 2.26. The lowest BCUT2D eigenvalue weighted by atomic mass is 9.96. The van der Waals surface area contributed by atoms with E-state index in [1.54, 1.807) is 13.8 Å². The van der Waals surface area contributed by atoms with Gasteiger partial charge in [-0.3, -0.25) is 4.79 Å². The summed E-state index contributed by atoms with van der Waals surface area (Å²) in [4.78, 5) is 15.3. The van der Waals surface area contributed by atoms with Crippen LogP contribution in [0.25, 0.3) is 11.4 Å². The molecule has 0 aliphatic rings. The van der Waals surface area contributed by atoms with Gasteiger partial charge in [-0.1, -0.05) is 57.1 Å². The molecule has 0 aliphatic carbocycles. The number of carbonyl (C=O) groups is 1. The van der Waals surface area contributed by atoms with Crippen molar-refractivity contribution in [3.63, 3.8) is 0 Å². The van der Waals surface area contributed by atoms with Crippen LogP contribution in [-0.2, 0) is 4.79 Å². The molecule has 2 unspecified atom stereocenters. The van der Waals surface area contributed by atoms with E-state index in [1.165, 1.54) is 5.56 Å². The zero-order chi connectivity index (χ0) is 15.6. The molecule has 2 aromatic rings. The Labute approximate surface area is 124 Å². The van der Waals surface area contributed by atoms with Crippen molar-refractivity contribution in [1.29, 1.82) is 0 Å². The first-order valence-corrected chi connectivity index (χ1v) is 7.07. The third-order valence-corrected chi connectivity index (χ3v) is 3.81. The molecule has 0 radical (unpaired) electrons. The van der Waals surface area contributed by atoms with Crippen LogP contribution in [0.2, 0.25) is 0 Å². The summed E-state index contributed by atoms with van der Waals surface area (Å²) in [7, 11) is 0. The van der Waals surface area contributed by atoms with Crippen LogP contribution in [0.5, 0.6) is 0 Å². The van der Waals surface area contributed by atoms with E-state index in [0.717, 1.165) is 5.56 Å². The van der Waals surface area contributed by atoms with Crippen LogP contribution in [0.4, 0.5) is 0 Å². The van der Waals surface area contributed by atoms with E-state index in [1.807, 2.05) is 24.3 Å². The second kappa shape index (κ2) is 6.08. The molecule has 0 saturated carbocycles. The maximum atomic E-state index is 11.0. The lowest BCUT2D eigenvalue weighted by molar-refractivity contribution is -0.141. The van der Waals surface area contributed by atoms with Gasteiger partial charge < -0.3 is 9.63 Å². The molecule has 2 atom stereocenters. The smallest absolute Gasteiger partial charge is 0.307 e. The molecule has 1 aromatic carbocycles. The van der Waals surface area contributed by atoms with Crippen LogP contribution in [-0.4, -0.2) is 21.2 Å². The van der Waals surface area contributed by atoms with Crippen molar-refractivity contribution in [2.24, 2.45) is 5.92 Å². The molecule has 2 rings (SSSR count). The van der Waals surface area contributed by atoms with Gasteiger partial charge in [-0.15, -0.1) is 0 Å². The normalized spacial score (nSPS) is 14.1. The van der Waals surface area contributed by atoms with Crippen LogP contribution in [0.15, 0.2) is 28.8 Å². The number of carboxylic acid groups (broad SMARTS) is 1. The standard InChI is InChI=1S/C16H20N2O3/c1-9(2)12-5-7-13(8-6-12)14-17-15(21-18-14)10(3)11(4)16(19)20/h5-11H,1-4H3,(H,19,20). The first-order valence-electron chi connectivity index (χ1n) is 7.07. The minimum absolute atomic E-state index is 0.321. The van der Waals surface area contributed by atoms with Gasteiger partial charge in [0.15, 0.2) is 0 Å². The summed E-state index contributed by atoms with van der Waals surface area (Å²) >= 11 is 0. The summed E-state index contributed by atoms with van der Waals surface area (Å²) in [5, 5.41) is 13.0. The molecule has 1 heterocycles. The second-order valence-electron chi connectivity index (χ2n) is 5.65. The molecule has 5 nitrogen and oxygen atoms in total. The van der Waals surface area contributed by atoms with Crippen LogP contribution in [0.3, 0.4) is 0 Å². The monoisotopic (exact) mass is 288 g/mol. The maximum Gasteiger partial charge on any atom is 0.307 e. The average molecular weight is 288 g/mol. The molecular formula is C16H20N2O3. The van der Waals surface area contributed by atoms with Gasteiger partial charge in [0.1, 0.15) is 0 Å². The molecular weight excluding hydrogens is 268 g/mol.